The molecule has 2 nitrogen and oxygen atoms in total. The Kier molecular flexibility index (Phi) is 5.69. The Balaban J connectivity index is 2.49. The number of amides is 1. The van der Waals surface area contributed by atoms with E-state index in [0.717, 1.165) is 35.0 Å². The lowest BCUT2D eigenvalue weighted by Gasteiger charge is -2.08. The van der Waals surface area contributed by atoms with Crippen molar-refractivity contribution in [3.8, 4) is 0 Å². The minimum Gasteiger partial charge on any atom is -0.352 e. The van der Waals surface area contributed by atoms with Crippen molar-refractivity contribution in [2.45, 2.75) is 33.6 Å². The van der Waals surface area contributed by atoms with Gasteiger partial charge >= 0.3 is 0 Å². The van der Waals surface area contributed by atoms with E-state index in [9.17, 15) is 4.79 Å². The van der Waals surface area contributed by atoms with Crippen LogP contribution >= 0.6 is 15.9 Å². The lowest BCUT2D eigenvalue weighted by Crippen LogP contribution is -2.25. The van der Waals surface area contributed by atoms with Gasteiger partial charge in [-0.3, -0.25) is 4.79 Å². The molecule has 17 heavy (non-hydrogen) atoms. The molecule has 0 unspecified atom stereocenters. The predicted molar refractivity (Wildman–Crippen MR) is 75.3 cm³/mol. The fraction of sp³-hybridized carbons (Fsp3) is 0.500. The Labute approximate surface area is 112 Å². The predicted octanol–water partition coefficient (Wildman–Crippen LogP) is 3.92. The normalized spacial score (nSPS) is 10.6. The molecule has 3 heteroatoms. The molecule has 1 N–H and O–H groups in total. The largest absolute Gasteiger partial charge is 0.352 e. The minimum absolute atomic E-state index is 0.00401. The molecule has 1 rings (SSSR count). The van der Waals surface area contributed by atoms with Gasteiger partial charge in [0.1, 0.15) is 0 Å². The van der Waals surface area contributed by atoms with Gasteiger partial charge in [-0.05, 0) is 53.7 Å². The highest BCUT2D eigenvalue weighted by atomic mass is 79.9. The molecule has 94 valence electrons. The molecule has 0 spiro atoms. The summed E-state index contributed by atoms with van der Waals surface area (Å²) in [4.78, 5) is 11.9. The lowest BCUT2D eigenvalue weighted by molar-refractivity contribution is 0.0951. The van der Waals surface area contributed by atoms with Crippen LogP contribution in [-0.4, -0.2) is 12.5 Å². The molecule has 0 bridgehead atoms. The van der Waals surface area contributed by atoms with E-state index < -0.39 is 0 Å². The van der Waals surface area contributed by atoms with Crippen LogP contribution in [0.15, 0.2) is 22.7 Å². The van der Waals surface area contributed by atoms with Crippen LogP contribution in [0.3, 0.4) is 0 Å². The average Bonchev–Trinajstić information content (AvgIpc) is 2.27. The monoisotopic (exact) mass is 297 g/mol. The molecule has 1 aromatic rings. The second-order valence-corrected chi connectivity index (χ2v) is 5.63. The van der Waals surface area contributed by atoms with E-state index in [2.05, 4.69) is 35.1 Å². The third-order valence-electron chi connectivity index (χ3n) is 2.61. The number of carbonyl (C=O) groups is 1. The van der Waals surface area contributed by atoms with Crippen molar-refractivity contribution in [1.82, 2.24) is 5.32 Å². The van der Waals surface area contributed by atoms with Gasteiger partial charge in [0.2, 0.25) is 0 Å². The fourth-order valence-corrected chi connectivity index (χ4v) is 2.05. The first-order valence-electron chi connectivity index (χ1n) is 6.05. The molecular formula is C14H20BrNO. The fourth-order valence-electron chi connectivity index (χ4n) is 1.62. The SMILES string of the molecule is Cc1ccc(Br)c(C(=O)NCCCC(C)C)c1. The first-order chi connectivity index (χ1) is 8.00. The smallest absolute Gasteiger partial charge is 0.252 e. The van der Waals surface area contributed by atoms with Gasteiger partial charge in [-0.25, -0.2) is 0 Å². The number of carbonyl (C=O) groups excluding carboxylic acids is 1. The quantitative estimate of drug-likeness (QED) is 0.820. The molecule has 0 fully saturated rings. The Morgan fingerprint density at radius 2 is 2.12 bits per heavy atom. The molecule has 0 aliphatic rings. The summed E-state index contributed by atoms with van der Waals surface area (Å²) < 4.78 is 0.851. The van der Waals surface area contributed by atoms with E-state index in [1.165, 1.54) is 0 Å². The molecular weight excluding hydrogens is 278 g/mol. The molecule has 0 aliphatic carbocycles. The number of hydrogen-bond donors (Lipinski definition) is 1. The summed E-state index contributed by atoms with van der Waals surface area (Å²) in [6.07, 6.45) is 2.18. The number of halogens is 1. The van der Waals surface area contributed by atoms with Crippen LogP contribution in [0.1, 0.15) is 42.6 Å². The van der Waals surface area contributed by atoms with Crippen LogP contribution in [0.4, 0.5) is 0 Å². The summed E-state index contributed by atoms with van der Waals surface area (Å²) in [6, 6.07) is 5.81. The van der Waals surface area contributed by atoms with Crippen molar-refractivity contribution in [3.63, 3.8) is 0 Å². The van der Waals surface area contributed by atoms with Crippen molar-refractivity contribution in [3.05, 3.63) is 33.8 Å². The second kappa shape index (κ2) is 6.80. The van der Waals surface area contributed by atoms with E-state index >= 15 is 0 Å². The zero-order valence-corrected chi connectivity index (χ0v) is 12.3. The van der Waals surface area contributed by atoms with Crippen molar-refractivity contribution >= 4 is 21.8 Å². The van der Waals surface area contributed by atoms with Gasteiger partial charge < -0.3 is 5.32 Å². The van der Waals surface area contributed by atoms with E-state index in [1.807, 2.05) is 25.1 Å². The highest BCUT2D eigenvalue weighted by Gasteiger charge is 2.09. The lowest BCUT2D eigenvalue weighted by atomic mass is 10.1. The molecule has 0 aromatic heterocycles. The van der Waals surface area contributed by atoms with Gasteiger partial charge in [-0.1, -0.05) is 25.5 Å². The maximum Gasteiger partial charge on any atom is 0.252 e. The number of nitrogens with one attached hydrogen (secondary N) is 1. The summed E-state index contributed by atoms with van der Waals surface area (Å²) >= 11 is 3.40. The molecule has 0 atom stereocenters. The Hall–Kier alpha value is -0.830. The van der Waals surface area contributed by atoms with Crippen LogP contribution < -0.4 is 5.32 Å². The molecule has 0 radical (unpaired) electrons. The van der Waals surface area contributed by atoms with Gasteiger partial charge in [-0.15, -0.1) is 0 Å². The van der Waals surface area contributed by atoms with Crippen LogP contribution in [0.25, 0.3) is 0 Å². The van der Waals surface area contributed by atoms with E-state index in [-0.39, 0.29) is 5.91 Å². The van der Waals surface area contributed by atoms with Gasteiger partial charge in [-0.2, -0.15) is 0 Å². The van der Waals surface area contributed by atoms with Crippen molar-refractivity contribution in [2.24, 2.45) is 5.92 Å². The highest BCUT2D eigenvalue weighted by molar-refractivity contribution is 9.10. The van der Waals surface area contributed by atoms with Crippen molar-refractivity contribution < 1.29 is 4.79 Å². The van der Waals surface area contributed by atoms with Crippen LogP contribution in [0, 0.1) is 12.8 Å². The third kappa shape index (κ3) is 4.90. The number of hydrogen-bond acceptors (Lipinski definition) is 1. The van der Waals surface area contributed by atoms with Gasteiger partial charge in [0, 0.05) is 11.0 Å². The van der Waals surface area contributed by atoms with E-state index in [0.29, 0.717) is 5.92 Å². The maximum absolute atomic E-state index is 11.9. The molecule has 0 aliphatic heterocycles. The summed E-state index contributed by atoms with van der Waals surface area (Å²) in [7, 11) is 0. The Bertz CT molecular complexity index is 388. The minimum atomic E-state index is 0.00401. The molecule has 0 heterocycles. The number of benzene rings is 1. The zero-order chi connectivity index (χ0) is 12.8. The van der Waals surface area contributed by atoms with Gasteiger partial charge in [0.05, 0.1) is 5.56 Å². The third-order valence-corrected chi connectivity index (χ3v) is 3.30. The molecule has 0 saturated carbocycles. The average molecular weight is 298 g/mol. The standard InChI is InChI=1S/C14H20BrNO/c1-10(2)5-4-8-16-14(17)12-9-11(3)6-7-13(12)15/h6-7,9-10H,4-5,8H2,1-3H3,(H,16,17). The van der Waals surface area contributed by atoms with Crippen molar-refractivity contribution in [1.29, 1.82) is 0 Å². The van der Waals surface area contributed by atoms with Crippen LogP contribution in [0.5, 0.6) is 0 Å². The molecule has 1 aromatic carbocycles. The first kappa shape index (κ1) is 14.2. The summed E-state index contributed by atoms with van der Waals surface area (Å²) in [5.74, 6) is 0.696. The van der Waals surface area contributed by atoms with Crippen molar-refractivity contribution in [2.75, 3.05) is 6.54 Å². The van der Waals surface area contributed by atoms with Crippen LogP contribution in [-0.2, 0) is 0 Å². The Morgan fingerprint density at radius 3 is 2.76 bits per heavy atom. The van der Waals surface area contributed by atoms with Gasteiger partial charge in [0.15, 0.2) is 0 Å². The van der Waals surface area contributed by atoms with E-state index in [1.54, 1.807) is 0 Å². The van der Waals surface area contributed by atoms with Crippen LogP contribution in [0.2, 0.25) is 0 Å². The molecule has 1 amide bonds. The first-order valence-corrected chi connectivity index (χ1v) is 6.84. The summed E-state index contributed by atoms with van der Waals surface area (Å²) in [6.45, 7) is 7.12. The van der Waals surface area contributed by atoms with Gasteiger partial charge in [0.25, 0.3) is 5.91 Å². The van der Waals surface area contributed by atoms with E-state index in [4.69, 9.17) is 0 Å². The summed E-state index contributed by atoms with van der Waals surface area (Å²) in [5.41, 5.74) is 1.81. The number of aryl methyl sites for hydroxylation is 1. The topological polar surface area (TPSA) is 29.1 Å². The Morgan fingerprint density at radius 1 is 1.41 bits per heavy atom. The zero-order valence-electron chi connectivity index (χ0n) is 10.7. The highest BCUT2D eigenvalue weighted by Crippen LogP contribution is 2.17. The summed E-state index contributed by atoms with van der Waals surface area (Å²) in [5, 5.41) is 2.95. The number of rotatable bonds is 5. The maximum atomic E-state index is 11.9. The molecule has 0 saturated heterocycles. The second-order valence-electron chi connectivity index (χ2n) is 4.78.